The number of aromatic nitrogens is 2. The number of fused-ring (bicyclic) bond motifs is 1. The molecular formula is C21H21F3N4OS. The van der Waals surface area contributed by atoms with Crippen molar-refractivity contribution in [1.29, 1.82) is 0 Å². The number of likely N-dealkylation sites (N-methyl/N-ethyl adjacent to an activating group) is 1. The Bertz CT molecular complexity index is 1020. The number of nitrogens with zero attached hydrogens (tertiary/aromatic N) is 2. The first-order valence-electron chi connectivity index (χ1n) is 9.56. The average molecular weight is 434 g/mol. The van der Waals surface area contributed by atoms with Crippen molar-refractivity contribution in [1.82, 2.24) is 20.2 Å². The average Bonchev–Trinajstić information content (AvgIpc) is 3.30. The van der Waals surface area contributed by atoms with Crippen molar-refractivity contribution in [2.75, 3.05) is 13.6 Å². The van der Waals surface area contributed by atoms with Crippen LogP contribution < -0.4 is 5.32 Å². The van der Waals surface area contributed by atoms with E-state index in [9.17, 15) is 18.0 Å². The highest BCUT2D eigenvalue weighted by atomic mass is 32.2. The number of nitrogens with one attached hydrogen (secondary N) is 2. The van der Waals surface area contributed by atoms with Crippen molar-refractivity contribution in [3.8, 4) is 0 Å². The molecule has 2 heterocycles. The molecule has 0 saturated carbocycles. The number of H-pyrrole nitrogens is 1. The van der Waals surface area contributed by atoms with Gasteiger partial charge in [0.25, 0.3) is 0 Å². The van der Waals surface area contributed by atoms with Gasteiger partial charge in [0.15, 0.2) is 5.16 Å². The lowest BCUT2D eigenvalue weighted by atomic mass is 10.1. The van der Waals surface area contributed by atoms with Gasteiger partial charge in [0.05, 0.1) is 22.6 Å². The minimum absolute atomic E-state index is 0.0960. The molecule has 158 valence electrons. The van der Waals surface area contributed by atoms with Crippen LogP contribution in [-0.4, -0.2) is 45.7 Å². The first kappa shape index (κ1) is 20.7. The van der Waals surface area contributed by atoms with Crippen LogP contribution >= 0.6 is 11.8 Å². The van der Waals surface area contributed by atoms with Crippen LogP contribution in [0.25, 0.3) is 11.0 Å². The summed E-state index contributed by atoms with van der Waals surface area (Å²) in [6.07, 6.45) is -3.79. The van der Waals surface area contributed by atoms with Gasteiger partial charge >= 0.3 is 6.18 Å². The van der Waals surface area contributed by atoms with Crippen molar-refractivity contribution in [2.45, 2.75) is 35.6 Å². The van der Waals surface area contributed by atoms with Crippen LogP contribution in [0.4, 0.5) is 13.2 Å². The fourth-order valence-electron chi connectivity index (χ4n) is 3.78. The predicted octanol–water partition coefficient (Wildman–Crippen LogP) is 4.06. The summed E-state index contributed by atoms with van der Waals surface area (Å²) in [4.78, 5) is 22.2. The Morgan fingerprint density at radius 3 is 2.80 bits per heavy atom. The van der Waals surface area contributed by atoms with Crippen molar-refractivity contribution in [2.24, 2.45) is 0 Å². The summed E-state index contributed by atoms with van der Waals surface area (Å²) in [5.41, 5.74) is 1.68. The van der Waals surface area contributed by atoms with Gasteiger partial charge < -0.3 is 10.3 Å². The van der Waals surface area contributed by atoms with E-state index in [2.05, 4.69) is 15.3 Å². The van der Waals surface area contributed by atoms with Crippen LogP contribution in [0.1, 0.15) is 17.5 Å². The van der Waals surface area contributed by atoms with Gasteiger partial charge in [-0.05, 0) is 30.2 Å². The van der Waals surface area contributed by atoms with E-state index in [-0.39, 0.29) is 17.7 Å². The molecular weight excluding hydrogens is 413 g/mol. The second-order valence-corrected chi connectivity index (χ2v) is 8.58. The fourth-order valence-corrected chi connectivity index (χ4v) is 4.96. The molecule has 0 spiro atoms. The molecule has 1 aromatic heterocycles. The number of rotatable bonds is 5. The second-order valence-electron chi connectivity index (χ2n) is 7.29. The molecule has 2 N–H and O–H groups in total. The van der Waals surface area contributed by atoms with E-state index in [1.165, 1.54) is 6.07 Å². The van der Waals surface area contributed by atoms with Gasteiger partial charge in [0, 0.05) is 25.4 Å². The maximum atomic E-state index is 13.0. The second kappa shape index (κ2) is 8.31. The minimum atomic E-state index is -4.39. The van der Waals surface area contributed by atoms with Crippen LogP contribution in [-0.2, 0) is 17.5 Å². The molecule has 0 aliphatic carbocycles. The van der Waals surface area contributed by atoms with Gasteiger partial charge in [0.1, 0.15) is 0 Å². The Balaban J connectivity index is 1.51. The van der Waals surface area contributed by atoms with Crippen molar-refractivity contribution in [3.05, 3.63) is 59.7 Å². The van der Waals surface area contributed by atoms with E-state index in [4.69, 9.17) is 0 Å². The van der Waals surface area contributed by atoms with Crippen LogP contribution in [0.2, 0.25) is 0 Å². The van der Waals surface area contributed by atoms with Gasteiger partial charge in [-0.2, -0.15) is 13.2 Å². The topological polar surface area (TPSA) is 61.0 Å². The highest BCUT2D eigenvalue weighted by Crippen LogP contribution is 2.34. The molecule has 0 bridgehead atoms. The number of carbonyl (C=O) groups is 1. The smallest absolute Gasteiger partial charge is 0.358 e. The predicted molar refractivity (Wildman–Crippen MR) is 110 cm³/mol. The molecule has 4 rings (SSSR count). The van der Waals surface area contributed by atoms with Gasteiger partial charge in [-0.15, -0.1) is 0 Å². The molecule has 1 amide bonds. The molecule has 1 saturated heterocycles. The number of likely N-dealkylation sites (tertiary alicyclic amines) is 1. The molecule has 2 atom stereocenters. The van der Waals surface area contributed by atoms with Gasteiger partial charge in [-0.1, -0.05) is 42.1 Å². The number of benzene rings is 2. The number of para-hydroxylation sites is 2. The maximum Gasteiger partial charge on any atom is 0.416 e. The number of carbonyl (C=O) groups excluding carboxylic acids is 1. The summed E-state index contributed by atoms with van der Waals surface area (Å²) in [6.45, 7) is 0.856. The number of imidazole rings is 1. The van der Waals surface area contributed by atoms with E-state index in [0.29, 0.717) is 18.5 Å². The molecule has 0 radical (unpaired) electrons. The number of halogens is 3. The summed E-state index contributed by atoms with van der Waals surface area (Å²) >= 11 is 1.56. The Kier molecular flexibility index (Phi) is 5.75. The monoisotopic (exact) mass is 434 g/mol. The molecule has 1 aliphatic heterocycles. The quantitative estimate of drug-likeness (QED) is 0.636. The molecule has 1 fully saturated rings. The van der Waals surface area contributed by atoms with Gasteiger partial charge in [-0.25, -0.2) is 4.98 Å². The van der Waals surface area contributed by atoms with Crippen LogP contribution in [0.3, 0.4) is 0 Å². The SMILES string of the molecule is CNC(=O)[C@@H]1C[C@H](Sc2nc3ccccc3[nH]2)CN1Cc1cccc(C(F)(F)F)c1. The third kappa shape index (κ3) is 4.46. The van der Waals surface area contributed by atoms with Gasteiger partial charge in [-0.3, -0.25) is 9.69 Å². The summed E-state index contributed by atoms with van der Waals surface area (Å²) < 4.78 is 39.1. The lowest BCUT2D eigenvalue weighted by Crippen LogP contribution is -2.41. The summed E-state index contributed by atoms with van der Waals surface area (Å²) in [7, 11) is 1.57. The normalized spacial score (nSPS) is 20.0. The highest BCUT2D eigenvalue weighted by molar-refractivity contribution is 7.99. The van der Waals surface area contributed by atoms with Crippen molar-refractivity contribution < 1.29 is 18.0 Å². The van der Waals surface area contributed by atoms with E-state index >= 15 is 0 Å². The first-order chi connectivity index (χ1) is 14.3. The zero-order chi connectivity index (χ0) is 21.3. The third-order valence-electron chi connectivity index (χ3n) is 5.20. The number of hydrogen-bond acceptors (Lipinski definition) is 4. The zero-order valence-electron chi connectivity index (χ0n) is 16.2. The molecule has 3 aromatic rings. The lowest BCUT2D eigenvalue weighted by Gasteiger charge is -2.23. The molecule has 0 unspecified atom stereocenters. The number of aromatic amines is 1. The zero-order valence-corrected chi connectivity index (χ0v) is 17.1. The fraction of sp³-hybridized carbons (Fsp3) is 0.333. The third-order valence-corrected chi connectivity index (χ3v) is 6.29. The molecule has 5 nitrogen and oxygen atoms in total. The molecule has 9 heteroatoms. The summed E-state index contributed by atoms with van der Waals surface area (Å²) in [5.74, 6) is -0.130. The summed E-state index contributed by atoms with van der Waals surface area (Å²) in [6, 6.07) is 12.6. The van der Waals surface area contributed by atoms with Crippen molar-refractivity contribution >= 4 is 28.7 Å². The highest BCUT2D eigenvalue weighted by Gasteiger charge is 2.37. The number of alkyl halides is 3. The maximum absolute atomic E-state index is 13.0. The van der Waals surface area contributed by atoms with E-state index in [1.807, 2.05) is 29.2 Å². The van der Waals surface area contributed by atoms with E-state index in [0.717, 1.165) is 28.3 Å². The number of hydrogen-bond donors (Lipinski definition) is 2. The Morgan fingerprint density at radius 2 is 2.07 bits per heavy atom. The Morgan fingerprint density at radius 1 is 1.27 bits per heavy atom. The van der Waals surface area contributed by atoms with E-state index < -0.39 is 17.8 Å². The standard InChI is InChI=1S/C21H21F3N4OS/c1-25-19(29)18-10-15(30-20-26-16-7-2-3-8-17(16)27-20)12-28(18)11-13-5-4-6-14(9-13)21(22,23)24/h2-9,15,18H,10-12H2,1H3,(H,25,29)(H,26,27)/t15-,18-/m0/s1. The molecule has 1 aliphatic rings. The summed E-state index contributed by atoms with van der Waals surface area (Å²) in [5, 5.41) is 3.54. The van der Waals surface area contributed by atoms with Crippen molar-refractivity contribution in [3.63, 3.8) is 0 Å². The Labute approximate surface area is 176 Å². The molecule has 30 heavy (non-hydrogen) atoms. The number of amides is 1. The van der Waals surface area contributed by atoms with E-state index in [1.54, 1.807) is 24.9 Å². The van der Waals surface area contributed by atoms with Crippen LogP contribution in [0.15, 0.2) is 53.7 Å². The largest absolute Gasteiger partial charge is 0.416 e. The Hall–Kier alpha value is -2.52. The van der Waals surface area contributed by atoms with Gasteiger partial charge in [0.2, 0.25) is 5.91 Å². The lowest BCUT2D eigenvalue weighted by molar-refractivity contribution is -0.137. The minimum Gasteiger partial charge on any atom is -0.358 e. The first-order valence-corrected chi connectivity index (χ1v) is 10.4. The molecule has 2 aromatic carbocycles. The number of thioether (sulfide) groups is 1. The van der Waals surface area contributed by atoms with Crippen LogP contribution in [0.5, 0.6) is 0 Å². The van der Waals surface area contributed by atoms with Crippen LogP contribution in [0, 0.1) is 0 Å².